The van der Waals surface area contributed by atoms with E-state index in [1.807, 2.05) is 0 Å². The molecule has 6 nitrogen and oxygen atoms in total. The second-order valence-electron chi connectivity index (χ2n) is 5.23. The third-order valence-corrected chi connectivity index (χ3v) is 5.00. The van der Waals surface area contributed by atoms with Crippen LogP contribution in [-0.2, 0) is 14.8 Å². The molecule has 0 fully saturated rings. The van der Waals surface area contributed by atoms with Gasteiger partial charge in [-0.05, 0) is 42.8 Å². The van der Waals surface area contributed by atoms with E-state index >= 15 is 0 Å². The number of sulfonamides is 1. The third kappa shape index (κ3) is 4.77. The summed E-state index contributed by atoms with van der Waals surface area (Å²) < 4.78 is 45.1. The molecule has 2 rings (SSSR count). The Hall–Kier alpha value is -2.45. The maximum atomic E-state index is 13.0. The van der Waals surface area contributed by atoms with Gasteiger partial charge in [0.15, 0.2) is 0 Å². The largest absolute Gasteiger partial charge is 0.495 e. The van der Waals surface area contributed by atoms with E-state index in [2.05, 4.69) is 10.0 Å². The van der Waals surface area contributed by atoms with E-state index < -0.39 is 27.8 Å². The lowest BCUT2D eigenvalue weighted by atomic mass is 10.2. The van der Waals surface area contributed by atoms with Crippen LogP contribution in [0.2, 0.25) is 0 Å². The van der Waals surface area contributed by atoms with Crippen LogP contribution in [-0.4, -0.2) is 27.5 Å². The van der Waals surface area contributed by atoms with Gasteiger partial charge in [0.1, 0.15) is 17.6 Å². The van der Waals surface area contributed by atoms with Crippen molar-refractivity contribution >= 4 is 21.6 Å². The van der Waals surface area contributed by atoms with Crippen molar-refractivity contribution in [3.05, 3.63) is 54.3 Å². The fourth-order valence-corrected chi connectivity index (χ4v) is 3.44. The molecule has 25 heavy (non-hydrogen) atoms. The number of methoxy groups -OCH3 is 1. The van der Waals surface area contributed by atoms with E-state index in [0.717, 1.165) is 24.3 Å². The molecule has 0 radical (unpaired) electrons. The second kappa shape index (κ2) is 8.09. The molecular formula is C17H19FN2O4S. The molecule has 8 heteroatoms. The van der Waals surface area contributed by atoms with Crippen LogP contribution in [0.4, 0.5) is 10.1 Å². The fraction of sp³-hybridized carbons (Fsp3) is 0.235. The van der Waals surface area contributed by atoms with Gasteiger partial charge in [-0.2, -0.15) is 4.72 Å². The van der Waals surface area contributed by atoms with Crippen molar-refractivity contribution in [1.82, 2.24) is 4.72 Å². The number of benzene rings is 2. The first-order chi connectivity index (χ1) is 11.9. The monoisotopic (exact) mass is 366 g/mol. The zero-order valence-electron chi connectivity index (χ0n) is 13.8. The summed E-state index contributed by atoms with van der Waals surface area (Å²) in [5.74, 6) is -0.593. The first kappa shape index (κ1) is 18.9. The Morgan fingerprint density at radius 2 is 1.80 bits per heavy atom. The molecule has 0 bridgehead atoms. The van der Waals surface area contributed by atoms with Gasteiger partial charge in [0, 0.05) is 0 Å². The maximum Gasteiger partial charge on any atom is 0.242 e. The number of nitrogens with one attached hydrogen (secondary N) is 2. The lowest BCUT2D eigenvalue weighted by molar-refractivity contribution is -0.117. The number of para-hydroxylation sites is 2. The van der Waals surface area contributed by atoms with Gasteiger partial charge in [0.25, 0.3) is 0 Å². The molecule has 0 saturated carbocycles. The number of carbonyl (C=O) groups excluding carboxylic acids is 1. The summed E-state index contributed by atoms with van der Waals surface area (Å²) in [7, 11) is -2.48. The van der Waals surface area contributed by atoms with Gasteiger partial charge in [-0.3, -0.25) is 4.79 Å². The molecule has 2 aromatic carbocycles. The number of rotatable bonds is 7. The molecule has 1 unspecified atom stereocenters. The topological polar surface area (TPSA) is 84.5 Å². The lowest BCUT2D eigenvalue weighted by Gasteiger charge is -2.18. The van der Waals surface area contributed by atoms with Gasteiger partial charge < -0.3 is 10.1 Å². The Bertz CT molecular complexity index is 838. The summed E-state index contributed by atoms with van der Waals surface area (Å²) in [5, 5.41) is 2.64. The molecule has 134 valence electrons. The van der Waals surface area contributed by atoms with Crippen molar-refractivity contribution in [2.75, 3.05) is 12.4 Å². The highest BCUT2D eigenvalue weighted by Crippen LogP contribution is 2.23. The Morgan fingerprint density at radius 3 is 2.40 bits per heavy atom. The molecule has 0 aliphatic rings. The van der Waals surface area contributed by atoms with Crippen molar-refractivity contribution in [3.63, 3.8) is 0 Å². The van der Waals surface area contributed by atoms with Crippen molar-refractivity contribution < 1.29 is 22.3 Å². The van der Waals surface area contributed by atoms with Gasteiger partial charge in [0.2, 0.25) is 15.9 Å². The van der Waals surface area contributed by atoms with E-state index in [1.165, 1.54) is 7.11 Å². The number of ether oxygens (including phenoxy) is 1. The SMILES string of the molecule is CCC(NS(=O)(=O)c1ccc(F)cc1)C(=O)Nc1ccccc1OC. The number of hydrogen-bond donors (Lipinski definition) is 2. The number of carbonyl (C=O) groups is 1. The molecule has 2 aromatic rings. The van der Waals surface area contributed by atoms with Crippen LogP contribution in [0, 0.1) is 5.82 Å². The minimum Gasteiger partial charge on any atom is -0.495 e. The Labute approximate surface area is 146 Å². The van der Waals surface area contributed by atoms with Crippen LogP contribution in [0.3, 0.4) is 0 Å². The molecule has 2 N–H and O–H groups in total. The molecule has 1 amide bonds. The number of amides is 1. The Balaban J connectivity index is 2.16. The molecule has 0 spiro atoms. The highest BCUT2D eigenvalue weighted by molar-refractivity contribution is 7.89. The number of anilines is 1. The average Bonchev–Trinajstić information content (AvgIpc) is 2.60. The minimum absolute atomic E-state index is 0.113. The molecule has 0 saturated heterocycles. The van der Waals surface area contributed by atoms with Crippen LogP contribution >= 0.6 is 0 Å². The second-order valence-corrected chi connectivity index (χ2v) is 6.94. The van der Waals surface area contributed by atoms with E-state index in [0.29, 0.717) is 11.4 Å². The van der Waals surface area contributed by atoms with E-state index in [9.17, 15) is 17.6 Å². The molecule has 0 aliphatic carbocycles. The predicted octanol–water partition coefficient (Wildman–Crippen LogP) is 2.53. The van der Waals surface area contributed by atoms with Crippen LogP contribution < -0.4 is 14.8 Å². The van der Waals surface area contributed by atoms with Gasteiger partial charge in [-0.25, -0.2) is 12.8 Å². The number of halogens is 1. The normalized spacial score (nSPS) is 12.4. The standard InChI is InChI=1S/C17H19FN2O4S/c1-3-14(17(21)19-15-6-4-5-7-16(15)24-2)20-25(22,23)13-10-8-12(18)9-11-13/h4-11,14,20H,3H2,1-2H3,(H,19,21). The van der Waals surface area contributed by atoms with Crippen LogP contribution in [0.1, 0.15) is 13.3 Å². The van der Waals surface area contributed by atoms with E-state index in [4.69, 9.17) is 4.74 Å². The van der Waals surface area contributed by atoms with E-state index in [-0.39, 0.29) is 11.3 Å². The highest BCUT2D eigenvalue weighted by Gasteiger charge is 2.25. The van der Waals surface area contributed by atoms with Crippen molar-refractivity contribution in [2.24, 2.45) is 0 Å². The Kier molecular flexibility index (Phi) is 6.11. The van der Waals surface area contributed by atoms with Crippen molar-refractivity contribution in [3.8, 4) is 5.75 Å². The zero-order valence-corrected chi connectivity index (χ0v) is 14.6. The van der Waals surface area contributed by atoms with Gasteiger partial charge >= 0.3 is 0 Å². The van der Waals surface area contributed by atoms with Gasteiger partial charge in [-0.1, -0.05) is 19.1 Å². The van der Waals surface area contributed by atoms with Crippen molar-refractivity contribution in [1.29, 1.82) is 0 Å². The van der Waals surface area contributed by atoms with Crippen LogP contribution in [0.25, 0.3) is 0 Å². The number of hydrogen-bond acceptors (Lipinski definition) is 4. The summed E-state index contributed by atoms with van der Waals surface area (Å²) in [6.45, 7) is 1.68. The van der Waals surface area contributed by atoms with Gasteiger partial charge in [0.05, 0.1) is 17.7 Å². The minimum atomic E-state index is -3.95. The smallest absolute Gasteiger partial charge is 0.242 e. The quantitative estimate of drug-likeness (QED) is 0.789. The zero-order chi connectivity index (χ0) is 18.4. The lowest BCUT2D eigenvalue weighted by Crippen LogP contribution is -2.43. The average molecular weight is 366 g/mol. The third-order valence-electron chi connectivity index (χ3n) is 3.51. The summed E-state index contributed by atoms with van der Waals surface area (Å²) >= 11 is 0. The first-order valence-corrected chi connectivity index (χ1v) is 9.07. The summed E-state index contributed by atoms with van der Waals surface area (Å²) in [6, 6.07) is 10.2. The fourth-order valence-electron chi connectivity index (χ4n) is 2.16. The highest BCUT2D eigenvalue weighted by atomic mass is 32.2. The molecule has 1 atom stereocenters. The van der Waals surface area contributed by atoms with Gasteiger partial charge in [-0.15, -0.1) is 0 Å². The first-order valence-electron chi connectivity index (χ1n) is 7.59. The maximum absolute atomic E-state index is 13.0. The summed E-state index contributed by atoms with van der Waals surface area (Å²) in [6.07, 6.45) is 0.238. The Morgan fingerprint density at radius 1 is 1.16 bits per heavy atom. The van der Waals surface area contributed by atoms with Crippen molar-refractivity contribution in [2.45, 2.75) is 24.3 Å². The van der Waals surface area contributed by atoms with Crippen LogP contribution in [0.5, 0.6) is 5.75 Å². The van der Waals surface area contributed by atoms with Crippen LogP contribution in [0.15, 0.2) is 53.4 Å². The summed E-state index contributed by atoms with van der Waals surface area (Å²) in [4.78, 5) is 12.3. The molecule has 0 aliphatic heterocycles. The molecule has 0 heterocycles. The van der Waals surface area contributed by atoms with E-state index in [1.54, 1.807) is 31.2 Å². The molecular weight excluding hydrogens is 347 g/mol. The predicted molar refractivity (Wildman–Crippen MR) is 92.4 cm³/mol. The molecule has 0 aromatic heterocycles. The summed E-state index contributed by atoms with van der Waals surface area (Å²) in [5.41, 5.74) is 0.439.